The smallest absolute Gasteiger partial charge is 0.490 e. The van der Waals surface area contributed by atoms with Gasteiger partial charge in [-0.1, -0.05) is 11.6 Å². The van der Waals surface area contributed by atoms with E-state index in [4.69, 9.17) is 24.5 Å². The number of fused-ring (bicyclic) bond motifs is 1. The lowest BCUT2D eigenvalue weighted by molar-refractivity contribution is -0.193. The molecule has 0 radical (unpaired) electrons. The molecule has 0 bridgehead atoms. The Hall–Kier alpha value is -4.56. The van der Waals surface area contributed by atoms with Crippen molar-refractivity contribution in [2.45, 2.75) is 26.2 Å². The average Bonchev–Trinajstić information content (AvgIpc) is 2.92. The van der Waals surface area contributed by atoms with Crippen LogP contribution in [0.4, 0.5) is 32.0 Å². The molecule has 1 fully saturated rings. The fourth-order valence-corrected chi connectivity index (χ4v) is 3.74. The lowest BCUT2D eigenvalue weighted by Crippen LogP contribution is -2.49. The maximum absolute atomic E-state index is 13.1. The van der Waals surface area contributed by atoms with Crippen LogP contribution in [0.15, 0.2) is 48.5 Å². The number of piperazine rings is 1. The number of aryl methyl sites for hydroxylation is 2. The lowest BCUT2D eigenvalue weighted by atomic mass is 10.1. The van der Waals surface area contributed by atoms with Gasteiger partial charge in [0.2, 0.25) is 0 Å². The monoisotopic (exact) mass is 603 g/mol. The first kappa shape index (κ1) is 33.6. The van der Waals surface area contributed by atoms with Gasteiger partial charge in [0.05, 0.1) is 23.9 Å². The molecule has 1 amide bonds. The molecule has 0 aliphatic carbocycles. The van der Waals surface area contributed by atoms with Crippen LogP contribution in [0, 0.1) is 13.8 Å². The number of nitrogens with zero attached hydrogens (tertiary/aromatic N) is 3. The average molecular weight is 604 g/mol. The Morgan fingerprint density at radius 3 is 1.76 bits per heavy atom. The van der Waals surface area contributed by atoms with E-state index >= 15 is 0 Å². The maximum Gasteiger partial charge on any atom is 0.490 e. The number of carbonyl (C=O) groups excluding carboxylic acids is 1. The molecule has 9 nitrogen and oxygen atoms in total. The molecule has 1 aromatic heterocycles. The molecule has 4 rings (SSSR count). The van der Waals surface area contributed by atoms with Crippen LogP contribution in [-0.2, 0) is 9.59 Å². The molecule has 0 unspecified atom stereocenters. The van der Waals surface area contributed by atoms with Crippen LogP contribution in [0.3, 0.4) is 0 Å². The SMILES string of the molecule is COc1ccc(N2CCN(C(=O)c3cc4cc(C)ccc4nc3C)CC2)cc1.O=C(O)C(F)(F)F.O=C(O)C(F)(F)F. The number of carboxylic acid groups (broad SMARTS) is 2. The van der Waals surface area contributed by atoms with Crippen molar-refractivity contribution < 1.29 is 55.7 Å². The van der Waals surface area contributed by atoms with E-state index in [2.05, 4.69) is 41.1 Å². The van der Waals surface area contributed by atoms with Crippen LogP contribution in [0.2, 0.25) is 0 Å². The Morgan fingerprint density at radius 1 is 0.810 bits per heavy atom. The van der Waals surface area contributed by atoms with Gasteiger partial charge in [-0.25, -0.2) is 9.59 Å². The number of methoxy groups -OCH3 is 1. The van der Waals surface area contributed by atoms with Crippen molar-refractivity contribution in [3.8, 4) is 5.75 Å². The third-order valence-corrected chi connectivity index (χ3v) is 5.88. The molecule has 0 spiro atoms. The van der Waals surface area contributed by atoms with E-state index in [0.29, 0.717) is 18.7 Å². The molecule has 3 aromatic rings. The molecule has 1 saturated heterocycles. The van der Waals surface area contributed by atoms with E-state index in [1.165, 1.54) is 5.56 Å². The summed E-state index contributed by atoms with van der Waals surface area (Å²) in [6.45, 7) is 7.01. The number of carbonyl (C=O) groups is 3. The van der Waals surface area contributed by atoms with Gasteiger partial charge in [0.1, 0.15) is 5.75 Å². The van der Waals surface area contributed by atoms with Gasteiger partial charge in [0, 0.05) is 37.3 Å². The van der Waals surface area contributed by atoms with Crippen LogP contribution in [0.25, 0.3) is 10.9 Å². The fourth-order valence-electron chi connectivity index (χ4n) is 3.74. The molecular formula is C27H27F6N3O6. The zero-order chi connectivity index (χ0) is 31.8. The number of benzene rings is 2. The van der Waals surface area contributed by atoms with Crippen molar-refractivity contribution in [3.63, 3.8) is 0 Å². The van der Waals surface area contributed by atoms with Gasteiger partial charge in [-0.05, 0) is 56.3 Å². The Morgan fingerprint density at radius 2 is 1.31 bits per heavy atom. The number of anilines is 1. The highest BCUT2D eigenvalue weighted by atomic mass is 19.4. The van der Waals surface area contributed by atoms with Gasteiger partial charge in [-0.15, -0.1) is 0 Å². The van der Waals surface area contributed by atoms with E-state index in [1.54, 1.807) is 7.11 Å². The second kappa shape index (κ2) is 13.9. The summed E-state index contributed by atoms with van der Waals surface area (Å²) in [7, 11) is 1.67. The number of aromatic nitrogens is 1. The van der Waals surface area contributed by atoms with Gasteiger partial charge in [0.25, 0.3) is 5.91 Å². The fraction of sp³-hybridized carbons (Fsp3) is 0.333. The molecule has 228 valence electrons. The molecule has 2 N–H and O–H groups in total. The van der Waals surface area contributed by atoms with Gasteiger partial charge in [-0.3, -0.25) is 9.78 Å². The maximum atomic E-state index is 13.1. The van der Waals surface area contributed by atoms with Gasteiger partial charge in [-0.2, -0.15) is 26.3 Å². The zero-order valence-corrected chi connectivity index (χ0v) is 22.6. The Kier molecular flexibility index (Phi) is 11.1. The molecule has 1 aliphatic rings. The number of carboxylic acids is 2. The van der Waals surface area contributed by atoms with Crippen molar-refractivity contribution in [3.05, 3.63) is 65.4 Å². The summed E-state index contributed by atoms with van der Waals surface area (Å²) in [5.41, 5.74) is 4.76. The number of rotatable bonds is 3. The highest BCUT2D eigenvalue weighted by molar-refractivity contribution is 5.98. The largest absolute Gasteiger partial charge is 0.497 e. The molecule has 1 aliphatic heterocycles. The summed E-state index contributed by atoms with van der Waals surface area (Å²) in [6.07, 6.45) is -10.2. The molecule has 15 heteroatoms. The number of alkyl halides is 6. The van der Waals surface area contributed by atoms with Gasteiger partial charge >= 0.3 is 24.3 Å². The topological polar surface area (TPSA) is 120 Å². The minimum absolute atomic E-state index is 0.0720. The lowest BCUT2D eigenvalue weighted by Gasteiger charge is -2.36. The first-order valence-corrected chi connectivity index (χ1v) is 12.1. The first-order chi connectivity index (χ1) is 19.4. The second-order valence-electron chi connectivity index (χ2n) is 8.90. The number of amides is 1. The molecule has 2 aromatic carbocycles. The van der Waals surface area contributed by atoms with E-state index in [-0.39, 0.29) is 5.91 Å². The number of pyridine rings is 1. The Bertz CT molecular complexity index is 1380. The van der Waals surface area contributed by atoms with E-state index in [9.17, 15) is 31.1 Å². The van der Waals surface area contributed by atoms with Crippen molar-refractivity contribution in [2.24, 2.45) is 0 Å². The molecule has 0 saturated carbocycles. The van der Waals surface area contributed by atoms with Crippen molar-refractivity contribution >= 4 is 34.4 Å². The summed E-state index contributed by atoms with van der Waals surface area (Å²) < 4.78 is 68.7. The van der Waals surface area contributed by atoms with Crippen molar-refractivity contribution in [1.82, 2.24) is 9.88 Å². The molecular weight excluding hydrogens is 576 g/mol. The Balaban J connectivity index is 0.000000367. The quantitative estimate of drug-likeness (QED) is 0.398. The van der Waals surface area contributed by atoms with Gasteiger partial charge in [0.15, 0.2) is 0 Å². The number of ether oxygens (including phenoxy) is 1. The van der Waals surface area contributed by atoms with Crippen LogP contribution in [0.1, 0.15) is 21.6 Å². The second-order valence-corrected chi connectivity index (χ2v) is 8.90. The Labute approximate surface area is 235 Å². The number of aliphatic carboxylic acids is 2. The van der Waals surface area contributed by atoms with Crippen LogP contribution >= 0.6 is 0 Å². The zero-order valence-electron chi connectivity index (χ0n) is 22.6. The van der Waals surface area contributed by atoms with Crippen LogP contribution in [0.5, 0.6) is 5.75 Å². The van der Waals surface area contributed by atoms with Crippen molar-refractivity contribution in [2.75, 3.05) is 38.2 Å². The van der Waals surface area contributed by atoms with E-state index in [1.807, 2.05) is 36.1 Å². The molecule has 0 atom stereocenters. The van der Waals surface area contributed by atoms with E-state index < -0.39 is 24.3 Å². The standard InChI is InChI=1S/C23H25N3O2.2C2HF3O2/c1-16-4-9-22-18(14-16)15-21(17(2)24-22)23(27)26-12-10-25(11-13-26)19-5-7-20(28-3)8-6-19;2*3-2(4,5)1(6)7/h4-9,14-15H,10-13H2,1-3H3;2*(H,6,7). The van der Waals surface area contributed by atoms with Crippen molar-refractivity contribution in [1.29, 1.82) is 0 Å². The third kappa shape index (κ3) is 9.52. The van der Waals surface area contributed by atoms with E-state index in [0.717, 1.165) is 41.1 Å². The highest BCUT2D eigenvalue weighted by Gasteiger charge is 2.38. The highest BCUT2D eigenvalue weighted by Crippen LogP contribution is 2.23. The summed E-state index contributed by atoms with van der Waals surface area (Å²) in [6, 6.07) is 16.2. The van der Waals surface area contributed by atoms with Crippen LogP contribution < -0.4 is 9.64 Å². The summed E-state index contributed by atoms with van der Waals surface area (Å²) >= 11 is 0. The molecule has 2 heterocycles. The third-order valence-electron chi connectivity index (χ3n) is 5.88. The normalized spacial score (nSPS) is 13.4. The van der Waals surface area contributed by atoms with Crippen LogP contribution in [-0.4, -0.2) is 83.6 Å². The number of halogens is 6. The number of hydrogen-bond donors (Lipinski definition) is 2. The van der Waals surface area contributed by atoms with Gasteiger partial charge < -0.3 is 24.7 Å². The summed E-state index contributed by atoms with van der Waals surface area (Å²) in [4.78, 5) is 39.8. The number of hydrogen-bond acceptors (Lipinski definition) is 6. The predicted octanol–water partition coefficient (Wildman–Crippen LogP) is 5.09. The minimum Gasteiger partial charge on any atom is -0.497 e. The minimum atomic E-state index is -5.08. The first-order valence-electron chi connectivity index (χ1n) is 12.1. The predicted molar refractivity (Wildman–Crippen MR) is 140 cm³/mol. The summed E-state index contributed by atoms with van der Waals surface area (Å²) in [5, 5.41) is 15.3. The summed E-state index contributed by atoms with van der Waals surface area (Å²) in [5.74, 6) is -4.59. The molecule has 42 heavy (non-hydrogen) atoms.